The normalized spacial score (nSPS) is 10.3. The number of benzene rings is 2. The molecule has 0 heterocycles. The van der Waals surface area contributed by atoms with E-state index < -0.39 is 12.5 Å². The number of halogens is 2. The van der Waals surface area contributed by atoms with E-state index in [0.29, 0.717) is 5.69 Å². The lowest BCUT2D eigenvalue weighted by Gasteiger charge is -2.08. The number of carbonyl (C=O) groups excluding carboxylic acids is 1. The fourth-order valence-electron chi connectivity index (χ4n) is 1.56. The smallest absolute Gasteiger partial charge is 0.387 e. The van der Waals surface area contributed by atoms with Gasteiger partial charge in [0.1, 0.15) is 11.5 Å². The predicted molar refractivity (Wildman–Crippen MR) is 69.1 cm³/mol. The van der Waals surface area contributed by atoms with E-state index in [1.165, 1.54) is 48.5 Å². The monoisotopic (exact) mass is 279 g/mol. The van der Waals surface area contributed by atoms with Crippen LogP contribution in [-0.2, 0) is 0 Å². The Balaban J connectivity index is 2.10. The minimum atomic E-state index is -2.94. The summed E-state index contributed by atoms with van der Waals surface area (Å²) in [5.41, 5.74) is 0.671. The molecule has 0 spiro atoms. The van der Waals surface area contributed by atoms with Gasteiger partial charge < -0.3 is 15.2 Å². The fraction of sp³-hybridized carbons (Fsp3) is 0.0714. The Bertz CT molecular complexity index is 600. The van der Waals surface area contributed by atoms with E-state index in [4.69, 9.17) is 5.11 Å². The molecule has 1 amide bonds. The molecule has 0 unspecified atom stereocenters. The summed E-state index contributed by atoms with van der Waals surface area (Å²) in [7, 11) is 0. The first kappa shape index (κ1) is 13.8. The Kier molecular flexibility index (Phi) is 4.14. The maximum absolute atomic E-state index is 12.1. The molecule has 2 rings (SSSR count). The summed E-state index contributed by atoms with van der Waals surface area (Å²) < 4.78 is 28.4. The third-order valence-corrected chi connectivity index (χ3v) is 2.45. The molecule has 0 aliphatic carbocycles. The largest absolute Gasteiger partial charge is 0.508 e. The van der Waals surface area contributed by atoms with Crippen molar-refractivity contribution in [2.45, 2.75) is 6.61 Å². The van der Waals surface area contributed by atoms with Crippen molar-refractivity contribution < 1.29 is 23.4 Å². The van der Waals surface area contributed by atoms with Gasteiger partial charge in [0.05, 0.1) is 0 Å². The molecule has 0 saturated carbocycles. The maximum Gasteiger partial charge on any atom is 0.387 e. The Morgan fingerprint density at radius 2 is 1.85 bits per heavy atom. The summed E-state index contributed by atoms with van der Waals surface area (Å²) in [5.74, 6) is -0.468. The lowest BCUT2D eigenvalue weighted by molar-refractivity contribution is -0.0498. The molecule has 0 atom stereocenters. The molecule has 0 saturated heterocycles. The number of ether oxygens (including phenoxy) is 1. The molecular weight excluding hydrogens is 268 g/mol. The molecule has 4 nitrogen and oxygen atoms in total. The van der Waals surface area contributed by atoms with Gasteiger partial charge in [-0.1, -0.05) is 6.07 Å². The van der Waals surface area contributed by atoms with Gasteiger partial charge in [0.15, 0.2) is 0 Å². The summed E-state index contributed by atoms with van der Waals surface area (Å²) >= 11 is 0. The summed E-state index contributed by atoms with van der Waals surface area (Å²) in [6, 6.07) is 11.4. The van der Waals surface area contributed by atoms with Gasteiger partial charge in [-0.25, -0.2) is 0 Å². The van der Waals surface area contributed by atoms with Crippen LogP contribution in [0.4, 0.5) is 14.5 Å². The highest BCUT2D eigenvalue weighted by Crippen LogP contribution is 2.18. The number of alkyl halides is 2. The van der Waals surface area contributed by atoms with Crippen LogP contribution >= 0.6 is 0 Å². The van der Waals surface area contributed by atoms with Gasteiger partial charge >= 0.3 is 6.61 Å². The highest BCUT2D eigenvalue weighted by atomic mass is 19.3. The van der Waals surface area contributed by atoms with Crippen molar-refractivity contribution in [3.63, 3.8) is 0 Å². The molecular formula is C14H11F2NO3. The van der Waals surface area contributed by atoms with E-state index in [9.17, 15) is 13.6 Å². The van der Waals surface area contributed by atoms with Crippen LogP contribution in [-0.4, -0.2) is 17.6 Å². The van der Waals surface area contributed by atoms with Gasteiger partial charge in [-0.3, -0.25) is 4.79 Å². The number of phenolic OH excluding ortho intramolecular Hbond substituents is 1. The molecule has 0 aromatic heterocycles. The first-order valence-corrected chi connectivity index (χ1v) is 5.70. The van der Waals surface area contributed by atoms with E-state index >= 15 is 0 Å². The molecule has 2 aromatic carbocycles. The van der Waals surface area contributed by atoms with Gasteiger partial charge in [0.25, 0.3) is 5.91 Å². The number of aromatic hydroxyl groups is 1. The van der Waals surface area contributed by atoms with Crippen LogP contribution in [0.3, 0.4) is 0 Å². The molecule has 2 N–H and O–H groups in total. The average Bonchev–Trinajstić information content (AvgIpc) is 2.41. The van der Waals surface area contributed by atoms with Crippen LogP contribution < -0.4 is 10.1 Å². The number of rotatable bonds is 4. The van der Waals surface area contributed by atoms with Crippen molar-refractivity contribution in [1.82, 2.24) is 0 Å². The zero-order valence-electron chi connectivity index (χ0n) is 10.2. The lowest BCUT2D eigenvalue weighted by Crippen LogP contribution is -2.12. The summed E-state index contributed by atoms with van der Waals surface area (Å²) in [6.07, 6.45) is 0. The van der Waals surface area contributed by atoms with Crippen LogP contribution in [0, 0.1) is 0 Å². The quantitative estimate of drug-likeness (QED) is 0.845. The van der Waals surface area contributed by atoms with E-state index in [2.05, 4.69) is 10.1 Å². The molecule has 0 fully saturated rings. The highest BCUT2D eigenvalue weighted by Gasteiger charge is 2.09. The van der Waals surface area contributed by atoms with E-state index in [-0.39, 0.29) is 17.1 Å². The highest BCUT2D eigenvalue weighted by molar-refractivity contribution is 6.04. The number of hydrogen-bond donors (Lipinski definition) is 2. The number of nitrogens with one attached hydrogen (secondary N) is 1. The van der Waals surface area contributed by atoms with Gasteiger partial charge in [-0.05, 0) is 42.5 Å². The van der Waals surface area contributed by atoms with Gasteiger partial charge in [0, 0.05) is 11.3 Å². The first-order valence-electron chi connectivity index (χ1n) is 5.70. The summed E-state index contributed by atoms with van der Waals surface area (Å²) in [4.78, 5) is 11.9. The standard InChI is InChI=1S/C14H11F2NO3/c15-14(16)20-12-3-1-2-9(8-12)13(19)17-10-4-6-11(18)7-5-10/h1-8,14,18H,(H,17,19). The van der Waals surface area contributed by atoms with E-state index in [1.54, 1.807) is 0 Å². The van der Waals surface area contributed by atoms with Crippen molar-refractivity contribution in [3.8, 4) is 11.5 Å². The number of phenols is 1. The number of hydrogen-bond acceptors (Lipinski definition) is 3. The predicted octanol–water partition coefficient (Wildman–Crippen LogP) is 3.25. The van der Waals surface area contributed by atoms with Crippen molar-refractivity contribution in [2.24, 2.45) is 0 Å². The molecule has 20 heavy (non-hydrogen) atoms. The Morgan fingerprint density at radius 3 is 2.50 bits per heavy atom. The second kappa shape index (κ2) is 6.01. The molecule has 0 bridgehead atoms. The second-order valence-corrected chi connectivity index (χ2v) is 3.91. The van der Waals surface area contributed by atoms with Crippen LogP contribution in [0.15, 0.2) is 48.5 Å². The molecule has 0 aliphatic rings. The summed E-state index contributed by atoms with van der Waals surface area (Å²) in [5, 5.41) is 11.7. The third kappa shape index (κ3) is 3.68. The molecule has 2 aromatic rings. The van der Waals surface area contributed by atoms with Gasteiger partial charge in [-0.15, -0.1) is 0 Å². The minimum Gasteiger partial charge on any atom is -0.508 e. The fourth-order valence-corrected chi connectivity index (χ4v) is 1.56. The van der Waals surface area contributed by atoms with Crippen molar-refractivity contribution in [3.05, 3.63) is 54.1 Å². The lowest BCUT2D eigenvalue weighted by atomic mass is 10.2. The van der Waals surface area contributed by atoms with Crippen LogP contribution in [0.5, 0.6) is 11.5 Å². The average molecular weight is 279 g/mol. The number of anilines is 1. The van der Waals surface area contributed by atoms with E-state index in [1.807, 2.05) is 0 Å². The van der Waals surface area contributed by atoms with Crippen LogP contribution in [0.1, 0.15) is 10.4 Å². The number of amides is 1. The minimum absolute atomic E-state index is 0.0790. The van der Waals surface area contributed by atoms with Crippen molar-refractivity contribution in [2.75, 3.05) is 5.32 Å². The topological polar surface area (TPSA) is 58.6 Å². The van der Waals surface area contributed by atoms with Crippen molar-refractivity contribution >= 4 is 11.6 Å². The maximum atomic E-state index is 12.1. The Labute approximate surface area is 113 Å². The first-order chi connectivity index (χ1) is 9.54. The Morgan fingerprint density at radius 1 is 1.15 bits per heavy atom. The molecule has 104 valence electrons. The van der Waals surface area contributed by atoms with Crippen LogP contribution in [0.25, 0.3) is 0 Å². The molecule has 6 heteroatoms. The van der Waals surface area contributed by atoms with Crippen LogP contribution in [0.2, 0.25) is 0 Å². The molecule has 0 aliphatic heterocycles. The van der Waals surface area contributed by atoms with Crippen molar-refractivity contribution in [1.29, 1.82) is 0 Å². The zero-order chi connectivity index (χ0) is 14.5. The summed E-state index contributed by atoms with van der Waals surface area (Å²) in [6.45, 7) is -2.94. The van der Waals surface area contributed by atoms with E-state index in [0.717, 1.165) is 0 Å². The van der Waals surface area contributed by atoms with Gasteiger partial charge in [-0.2, -0.15) is 8.78 Å². The number of carbonyl (C=O) groups is 1. The van der Waals surface area contributed by atoms with Gasteiger partial charge in [0.2, 0.25) is 0 Å². The Hall–Kier alpha value is -2.63. The zero-order valence-corrected chi connectivity index (χ0v) is 10.2. The molecule has 0 radical (unpaired) electrons. The third-order valence-electron chi connectivity index (χ3n) is 2.45. The SMILES string of the molecule is O=C(Nc1ccc(O)cc1)c1cccc(OC(F)F)c1. The second-order valence-electron chi connectivity index (χ2n) is 3.91.